The van der Waals surface area contributed by atoms with Gasteiger partial charge in [0.15, 0.2) is 0 Å². The third kappa shape index (κ3) is 2.05. The molecule has 0 fully saturated rings. The molecule has 2 heteroatoms. The molecule has 1 nitrogen and oxygen atoms in total. The summed E-state index contributed by atoms with van der Waals surface area (Å²) in [5.74, 6) is 0. The molecule has 0 heterocycles. The van der Waals surface area contributed by atoms with E-state index in [2.05, 4.69) is 31.7 Å². The Bertz CT molecular complexity index is 294. The van der Waals surface area contributed by atoms with Gasteiger partial charge in [-0.3, -0.25) is 0 Å². The van der Waals surface area contributed by atoms with Gasteiger partial charge < -0.3 is 5.73 Å². The summed E-state index contributed by atoms with van der Waals surface area (Å²) in [5.41, 5.74) is 8.68. The van der Waals surface area contributed by atoms with Crippen molar-refractivity contribution in [3.05, 3.63) is 41.1 Å². The van der Waals surface area contributed by atoms with Crippen molar-refractivity contribution in [3.8, 4) is 0 Å². The smallest absolute Gasteiger partial charge is 0.0298 e. The lowest BCUT2D eigenvalue weighted by Crippen LogP contribution is -1.93. The third-order valence-corrected chi connectivity index (χ3v) is 2.31. The van der Waals surface area contributed by atoms with E-state index in [0.29, 0.717) is 0 Å². The minimum Gasteiger partial charge on any atom is -0.401 e. The number of thiol groups is 1. The van der Waals surface area contributed by atoms with Crippen LogP contribution in [-0.2, 0) is 0 Å². The number of hydrogen-bond donors (Lipinski definition) is 2. The standard InChI is InChI=1S/C10H13NS/c1-7-3-5-9(6-4-7)10(12)8(2)11/h3-6,12H,11H2,1-2H3/b10-8-. The molecule has 0 aliphatic carbocycles. The van der Waals surface area contributed by atoms with Crippen molar-refractivity contribution in [2.24, 2.45) is 5.73 Å². The van der Waals surface area contributed by atoms with Crippen molar-refractivity contribution in [1.29, 1.82) is 0 Å². The molecule has 0 saturated heterocycles. The fourth-order valence-corrected chi connectivity index (χ4v) is 1.09. The SMILES string of the molecule is C/C(N)=C(/S)c1ccc(C)cc1. The highest BCUT2D eigenvalue weighted by Gasteiger charge is 1.97. The quantitative estimate of drug-likeness (QED) is 0.637. The summed E-state index contributed by atoms with van der Waals surface area (Å²) in [6.07, 6.45) is 0. The molecule has 1 aromatic carbocycles. The molecule has 12 heavy (non-hydrogen) atoms. The van der Waals surface area contributed by atoms with Crippen LogP contribution in [0.15, 0.2) is 30.0 Å². The van der Waals surface area contributed by atoms with Gasteiger partial charge in [-0.1, -0.05) is 29.8 Å². The number of aryl methyl sites for hydroxylation is 1. The van der Waals surface area contributed by atoms with Crippen molar-refractivity contribution >= 4 is 17.5 Å². The Morgan fingerprint density at radius 2 is 1.75 bits per heavy atom. The largest absolute Gasteiger partial charge is 0.401 e. The summed E-state index contributed by atoms with van der Waals surface area (Å²) >= 11 is 4.30. The summed E-state index contributed by atoms with van der Waals surface area (Å²) in [6, 6.07) is 8.14. The van der Waals surface area contributed by atoms with Gasteiger partial charge in [0.2, 0.25) is 0 Å². The zero-order valence-electron chi connectivity index (χ0n) is 7.33. The van der Waals surface area contributed by atoms with E-state index in [4.69, 9.17) is 5.73 Å². The Balaban J connectivity index is 3.06. The molecule has 64 valence electrons. The van der Waals surface area contributed by atoms with E-state index in [-0.39, 0.29) is 0 Å². The zero-order chi connectivity index (χ0) is 9.14. The molecular formula is C10H13NS. The van der Waals surface area contributed by atoms with Crippen LogP contribution < -0.4 is 5.73 Å². The number of rotatable bonds is 1. The lowest BCUT2D eigenvalue weighted by Gasteiger charge is -2.02. The highest BCUT2D eigenvalue weighted by Crippen LogP contribution is 2.20. The van der Waals surface area contributed by atoms with E-state index >= 15 is 0 Å². The monoisotopic (exact) mass is 179 g/mol. The molecule has 0 unspecified atom stereocenters. The van der Waals surface area contributed by atoms with Gasteiger partial charge in [0.25, 0.3) is 0 Å². The molecule has 0 saturated carbocycles. The van der Waals surface area contributed by atoms with Gasteiger partial charge in [0, 0.05) is 10.6 Å². The fraction of sp³-hybridized carbons (Fsp3) is 0.200. The van der Waals surface area contributed by atoms with Crippen molar-refractivity contribution in [3.63, 3.8) is 0 Å². The maximum Gasteiger partial charge on any atom is 0.0298 e. The molecule has 0 atom stereocenters. The Morgan fingerprint density at radius 1 is 1.25 bits per heavy atom. The first kappa shape index (κ1) is 9.20. The average molecular weight is 179 g/mol. The van der Waals surface area contributed by atoms with Gasteiger partial charge in [-0.2, -0.15) is 0 Å². The van der Waals surface area contributed by atoms with Gasteiger partial charge in [-0.25, -0.2) is 0 Å². The van der Waals surface area contributed by atoms with Crippen LogP contribution in [0, 0.1) is 6.92 Å². The molecule has 0 radical (unpaired) electrons. The second-order valence-electron chi connectivity index (χ2n) is 2.90. The lowest BCUT2D eigenvalue weighted by molar-refractivity contribution is 1.33. The second-order valence-corrected chi connectivity index (χ2v) is 3.34. The second kappa shape index (κ2) is 3.68. The van der Waals surface area contributed by atoms with Crippen molar-refractivity contribution in [2.45, 2.75) is 13.8 Å². The summed E-state index contributed by atoms with van der Waals surface area (Å²) in [6.45, 7) is 3.91. The minimum atomic E-state index is 0.752. The zero-order valence-corrected chi connectivity index (χ0v) is 8.23. The van der Waals surface area contributed by atoms with Crippen molar-refractivity contribution in [2.75, 3.05) is 0 Å². The molecule has 0 spiro atoms. The fourth-order valence-electron chi connectivity index (χ4n) is 0.939. The van der Waals surface area contributed by atoms with E-state index in [1.54, 1.807) is 0 Å². The Kier molecular flexibility index (Phi) is 2.82. The van der Waals surface area contributed by atoms with E-state index in [1.807, 2.05) is 19.1 Å². The van der Waals surface area contributed by atoms with E-state index in [9.17, 15) is 0 Å². The van der Waals surface area contributed by atoms with Gasteiger partial charge in [-0.15, -0.1) is 12.6 Å². The first-order valence-corrected chi connectivity index (χ1v) is 4.28. The van der Waals surface area contributed by atoms with Gasteiger partial charge >= 0.3 is 0 Å². The van der Waals surface area contributed by atoms with Crippen molar-refractivity contribution < 1.29 is 0 Å². The molecular weight excluding hydrogens is 166 g/mol. The maximum atomic E-state index is 5.61. The van der Waals surface area contributed by atoms with Crippen molar-refractivity contribution in [1.82, 2.24) is 0 Å². The van der Waals surface area contributed by atoms with Crippen LogP contribution in [-0.4, -0.2) is 0 Å². The van der Waals surface area contributed by atoms with Gasteiger partial charge in [0.1, 0.15) is 0 Å². The highest BCUT2D eigenvalue weighted by molar-refractivity contribution is 7.90. The summed E-state index contributed by atoms with van der Waals surface area (Å²) in [5, 5.41) is 0. The number of benzene rings is 1. The van der Waals surface area contributed by atoms with Gasteiger partial charge in [0.05, 0.1) is 0 Å². The summed E-state index contributed by atoms with van der Waals surface area (Å²) < 4.78 is 0. The van der Waals surface area contributed by atoms with Crippen LogP contribution in [0.1, 0.15) is 18.1 Å². The molecule has 0 aliphatic rings. The molecule has 2 N–H and O–H groups in total. The van der Waals surface area contributed by atoms with Crippen LogP contribution in [0.5, 0.6) is 0 Å². The molecule has 0 amide bonds. The number of nitrogens with two attached hydrogens (primary N) is 1. The van der Waals surface area contributed by atoms with Gasteiger partial charge in [-0.05, 0) is 19.4 Å². The number of hydrogen-bond acceptors (Lipinski definition) is 2. The normalized spacial score (nSPS) is 12.6. The Labute approximate surface area is 78.7 Å². The van der Waals surface area contributed by atoms with Crippen LogP contribution in [0.3, 0.4) is 0 Å². The first-order chi connectivity index (χ1) is 5.61. The first-order valence-electron chi connectivity index (χ1n) is 3.83. The Morgan fingerprint density at radius 3 is 2.17 bits per heavy atom. The van der Waals surface area contributed by atoms with E-state index in [0.717, 1.165) is 16.2 Å². The van der Waals surface area contributed by atoms with Crippen LogP contribution in [0.4, 0.5) is 0 Å². The van der Waals surface area contributed by atoms with Crippen LogP contribution >= 0.6 is 12.6 Å². The predicted octanol–water partition coefficient (Wildman–Crippen LogP) is 2.57. The van der Waals surface area contributed by atoms with Crippen LogP contribution in [0.25, 0.3) is 4.91 Å². The highest BCUT2D eigenvalue weighted by atomic mass is 32.1. The molecule has 1 rings (SSSR count). The summed E-state index contributed by atoms with van der Waals surface area (Å²) in [7, 11) is 0. The van der Waals surface area contributed by atoms with Crippen LogP contribution in [0.2, 0.25) is 0 Å². The molecule has 0 aromatic heterocycles. The number of allylic oxidation sites excluding steroid dienone is 1. The average Bonchev–Trinajstić information content (AvgIpc) is 2.04. The lowest BCUT2D eigenvalue weighted by atomic mass is 10.1. The van der Waals surface area contributed by atoms with E-state index < -0.39 is 0 Å². The summed E-state index contributed by atoms with van der Waals surface area (Å²) in [4.78, 5) is 0.856. The topological polar surface area (TPSA) is 26.0 Å². The molecule has 1 aromatic rings. The Hall–Kier alpha value is -0.890. The molecule has 0 aliphatic heterocycles. The minimum absolute atomic E-state index is 0.752. The predicted molar refractivity (Wildman–Crippen MR) is 56.9 cm³/mol. The molecule has 0 bridgehead atoms. The third-order valence-electron chi connectivity index (χ3n) is 1.70. The van der Waals surface area contributed by atoms with E-state index in [1.165, 1.54) is 5.56 Å². The maximum absolute atomic E-state index is 5.61.